The fraction of sp³-hybridized carbons (Fsp3) is 0.143. The van der Waals surface area contributed by atoms with Crippen LogP contribution in [0.5, 0.6) is 0 Å². The van der Waals surface area contributed by atoms with Gasteiger partial charge in [0.05, 0.1) is 6.42 Å². The SMILES string of the molecule is O=C(O)CCc1cccc(C(=O)c2ccc(CNc3ccccn3)cc2)n1. The van der Waals surface area contributed by atoms with Gasteiger partial charge < -0.3 is 10.4 Å². The van der Waals surface area contributed by atoms with E-state index in [1.165, 1.54) is 0 Å². The van der Waals surface area contributed by atoms with Crippen LogP contribution in [-0.4, -0.2) is 26.8 Å². The van der Waals surface area contributed by atoms with Crippen LogP contribution < -0.4 is 5.32 Å². The maximum atomic E-state index is 12.6. The van der Waals surface area contributed by atoms with Crippen LogP contribution in [0.2, 0.25) is 0 Å². The second-order valence-corrected chi connectivity index (χ2v) is 6.00. The van der Waals surface area contributed by atoms with Gasteiger partial charge in [-0.1, -0.05) is 36.4 Å². The number of anilines is 1. The van der Waals surface area contributed by atoms with E-state index in [9.17, 15) is 9.59 Å². The topological polar surface area (TPSA) is 92.2 Å². The first kappa shape index (κ1) is 18.3. The van der Waals surface area contributed by atoms with Crippen LogP contribution in [0, 0.1) is 0 Å². The molecule has 6 nitrogen and oxygen atoms in total. The van der Waals surface area contributed by atoms with Crippen molar-refractivity contribution in [3.8, 4) is 0 Å². The van der Waals surface area contributed by atoms with Crippen LogP contribution >= 0.6 is 0 Å². The number of nitrogens with zero attached hydrogens (tertiary/aromatic N) is 2. The molecular weight excluding hydrogens is 342 g/mol. The van der Waals surface area contributed by atoms with Crippen LogP contribution in [0.4, 0.5) is 5.82 Å². The number of carboxylic acid groups (broad SMARTS) is 1. The van der Waals surface area contributed by atoms with E-state index in [1.807, 2.05) is 30.3 Å². The number of aryl methyl sites for hydroxylation is 1. The van der Waals surface area contributed by atoms with Gasteiger partial charge in [-0.15, -0.1) is 0 Å². The number of rotatable bonds is 8. The van der Waals surface area contributed by atoms with Gasteiger partial charge >= 0.3 is 5.97 Å². The van der Waals surface area contributed by atoms with Crippen molar-refractivity contribution < 1.29 is 14.7 Å². The number of nitrogens with one attached hydrogen (secondary N) is 1. The van der Waals surface area contributed by atoms with Crippen molar-refractivity contribution in [3.63, 3.8) is 0 Å². The maximum absolute atomic E-state index is 12.6. The predicted molar refractivity (Wildman–Crippen MR) is 102 cm³/mol. The Morgan fingerprint density at radius 2 is 1.78 bits per heavy atom. The zero-order valence-corrected chi connectivity index (χ0v) is 14.6. The summed E-state index contributed by atoms with van der Waals surface area (Å²) in [5.41, 5.74) is 2.48. The summed E-state index contributed by atoms with van der Waals surface area (Å²) in [4.78, 5) is 31.8. The van der Waals surface area contributed by atoms with Gasteiger partial charge in [0.2, 0.25) is 5.78 Å². The highest BCUT2D eigenvalue weighted by Gasteiger charge is 2.11. The molecule has 0 atom stereocenters. The first-order valence-corrected chi connectivity index (χ1v) is 8.58. The van der Waals surface area contributed by atoms with E-state index in [0.29, 0.717) is 29.9 Å². The summed E-state index contributed by atoms with van der Waals surface area (Å²) >= 11 is 0. The number of aliphatic carboxylic acids is 1. The van der Waals surface area contributed by atoms with E-state index < -0.39 is 5.97 Å². The third-order valence-electron chi connectivity index (χ3n) is 3.99. The van der Waals surface area contributed by atoms with Gasteiger partial charge in [-0.05, 0) is 29.8 Å². The largest absolute Gasteiger partial charge is 0.481 e. The first-order chi connectivity index (χ1) is 13.1. The van der Waals surface area contributed by atoms with Gasteiger partial charge in [0.25, 0.3) is 0 Å². The van der Waals surface area contributed by atoms with Crippen molar-refractivity contribution in [1.29, 1.82) is 0 Å². The Hall–Kier alpha value is -3.54. The minimum absolute atomic E-state index is 0.0113. The zero-order valence-electron chi connectivity index (χ0n) is 14.6. The van der Waals surface area contributed by atoms with Crippen LogP contribution in [0.15, 0.2) is 66.9 Å². The summed E-state index contributed by atoms with van der Waals surface area (Å²) in [6.07, 6.45) is 2.01. The highest BCUT2D eigenvalue weighted by atomic mass is 16.4. The molecule has 0 radical (unpaired) electrons. The van der Waals surface area contributed by atoms with Gasteiger partial charge in [0, 0.05) is 30.4 Å². The number of ketones is 1. The van der Waals surface area contributed by atoms with Crippen LogP contribution in [0.1, 0.15) is 33.7 Å². The third kappa shape index (κ3) is 5.22. The number of aromatic nitrogens is 2. The molecule has 27 heavy (non-hydrogen) atoms. The Balaban J connectivity index is 1.65. The molecule has 0 unspecified atom stereocenters. The van der Waals surface area contributed by atoms with Crippen LogP contribution in [-0.2, 0) is 17.8 Å². The smallest absolute Gasteiger partial charge is 0.303 e. The number of carbonyl (C=O) groups excluding carboxylic acids is 1. The lowest BCUT2D eigenvalue weighted by molar-refractivity contribution is -0.136. The first-order valence-electron chi connectivity index (χ1n) is 8.58. The number of benzene rings is 1. The van der Waals surface area contributed by atoms with Crippen molar-refractivity contribution in [2.75, 3.05) is 5.32 Å². The molecule has 0 bridgehead atoms. The third-order valence-corrected chi connectivity index (χ3v) is 3.99. The summed E-state index contributed by atoms with van der Waals surface area (Å²) in [6.45, 7) is 0.606. The molecule has 136 valence electrons. The Morgan fingerprint density at radius 3 is 2.48 bits per heavy atom. The summed E-state index contributed by atoms with van der Waals surface area (Å²) in [5, 5.41) is 12.0. The quantitative estimate of drug-likeness (QED) is 0.598. The van der Waals surface area contributed by atoms with Gasteiger partial charge in [0.15, 0.2) is 0 Å². The minimum Gasteiger partial charge on any atom is -0.481 e. The number of carboxylic acids is 1. The maximum Gasteiger partial charge on any atom is 0.303 e. The van der Waals surface area contributed by atoms with Crippen molar-refractivity contribution in [2.45, 2.75) is 19.4 Å². The molecule has 1 aromatic carbocycles. The molecule has 0 aliphatic carbocycles. The van der Waals surface area contributed by atoms with E-state index in [-0.39, 0.29) is 12.2 Å². The van der Waals surface area contributed by atoms with Crippen molar-refractivity contribution in [3.05, 3.63) is 89.4 Å². The molecule has 0 saturated carbocycles. The summed E-state index contributed by atoms with van der Waals surface area (Å²) < 4.78 is 0. The molecule has 3 aromatic rings. The van der Waals surface area contributed by atoms with E-state index in [4.69, 9.17) is 5.11 Å². The number of hydrogen-bond acceptors (Lipinski definition) is 5. The number of hydrogen-bond donors (Lipinski definition) is 2. The average Bonchev–Trinajstić information content (AvgIpc) is 2.71. The molecule has 0 aliphatic heterocycles. The Morgan fingerprint density at radius 1 is 0.963 bits per heavy atom. The fourth-order valence-corrected chi connectivity index (χ4v) is 2.56. The lowest BCUT2D eigenvalue weighted by atomic mass is 10.0. The standard InChI is InChI=1S/C21H19N3O3/c25-20(26)12-11-17-4-3-5-18(24-17)21(27)16-9-7-15(8-10-16)14-23-19-6-1-2-13-22-19/h1-10,13H,11-12,14H2,(H,22,23)(H,25,26). The van der Waals surface area contributed by atoms with Gasteiger partial charge in [-0.3, -0.25) is 9.59 Å². The second kappa shape index (κ2) is 8.71. The molecule has 2 N–H and O–H groups in total. The summed E-state index contributed by atoms with van der Waals surface area (Å²) in [5.74, 6) is -0.278. The molecule has 0 fully saturated rings. The van der Waals surface area contributed by atoms with Crippen molar-refractivity contribution in [2.24, 2.45) is 0 Å². The summed E-state index contributed by atoms with van der Waals surface area (Å²) in [7, 11) is 0. The summed E-state index contributed by atoms with van der Waals surface area (Å²) in [6, 6.07) is 18.1. The van der Waals surface area contributed by atoms with E-state index in [2.05, 4.69) is 15.3 Å². The van der Waals surface area contributed by atoms with Crippen LogP contribution in [0.3, 0.4) is 0 Å². The van der Waals surface area contributed by atoms with Gasteiger partial charge in [-0.25, -0.2) is 9.97 Å². The average molecular weight is 361 g/mol. The molecule has 0 spiro atoms. The molecular formula is C21H19N3O3. The monoisotopic (exact) mass is 361 g/mol. The molecule has 6 heteroatoms. The minimum atomic E-state index is -0.886. The molecule has 2 heterocycles. The Bertz CT molecular complexity index is 925. The molecule has 0 amide bonds. The second-order valence-electron chi connectivity index (χ2n) is 6.00. The molecule has 0 saturated heterocycles. The highest BCUT2D eigenvalue weighted by Crippen LogP contribution is 2.12. The molecule has 2 aromatic heterocycles. The zero-order chi connectivity index (χ0) is 19.1. The number of pyridine rings is 2. The fourth-order valence-electron chi connectivity index (χ4n) is 2.56. The van der Waals surface area contributed by atoms with E-state index >= 15 is 0 Å². The predicted octanol–water partition coefficient (Wildman–Crippen LogP) is 3.34. The highest BCUT2D eigenvalue weighted by molar-refractivity contribution is 6.07. The molecule has 3 rings (SSSR count). The van der Waals surface area contributed by atoms with Crippen LogP contribution in [0.25, 0.3) is 0 Å². The number of carbonyl (C=O) groups is 2. The molecule has 0 aliphatic rings. The van der Waals surface area contributed by atoms with Gasteiger partial charge in [0.1, 0.15) is 11.5 Å². The van der Waals surface area contributed by atoms with E-state index in [1.54, 1.807) is 36.5 Å². The Kier molecular flexibility index (Phi) is 5.89. The van der Waals surface area contributed by atoms with Crippen molar-refractivity contribution >= 4 is 17.6 Å². The normalized spacial score (nSPS) is 10.4. The lowest BCUT2D eigenvalue weighted by Crippen LogP contribution is -2.07. The van der Waals surface area contributed by atoms with Gasteiger partial charge in [-0.2, -0.15) is 0 Å². The van der Waals surface area contributed by atoms with Crippen molar-refractivity contribution in [1.82, 2.24) is 9.97 Å². The van der Waals surface area contributed by atoms with E-state index in [0.717, 1.165) is 11.4 Å². The lowest BCUT2D eigenvalue weighted by Gasteiger charge is -2.07. The Labute approximate surface area is 156 Å².